The Morgan fingerprint density at radius 3 is 2.38 bits per heavy atom. The van der Waals surface area contributed by atoms with Gasteiger partial charge in [0, 0.05) is 11.5 Å². The summed E-state index contributed by atoms with van der Waals surface area (Å²) in [4.78, 5) is 14.1. The third-order valence-electron chi connectivity index (χ3n) is 6.78. The number of amides is 1. The highest BCUT2D eigenvalue weighted by Crippen LogP contribution is 2.55. The first kappa shape index (κ1) is 25.8. The molecule has 6 nitrogen and oxygen atoms in total. The fourth-order valence-electron chi connectivity index (χ4n) is 4.64. The second-order valence-corrected chi connectivity index (χ2v) is 8.37. The number of hydrogen-bond acceptors (Lipinski definition) is 4. The fraction of sp³-hybridized carbons (Fsp3) is 0.524. The minimum Gasteiger partial charge on any atom is -0.493 e. The van der Waals surface area contributed by atoms with E-state index >= 15 is 0 Å². The second kappa shape index (κ2) is 8.75. The van der Waals surface area contributed by atoms with Gasteiger partial charge in [-0.2, -0.15) is 31.4 Å². The quantitative estimate of drug-likeness (QED) is 0.601. The number of carbonyl (C=O) groups is 1. The lowest BCUT2D eigenvalue weighted by Gasteiger charge is -2.38. The molecule has 1 amide bonds. The number of halogens is 7. The van der Waals surface area contributed by atoms with Crippen LogP contribution in [0.1, 0.15) is 37.6 Å². The molecule has 1 N–H and O–H groups in total. The molecule has 2 aromatic rings. The van der Waals surface area contributed by atoms with Crippen LogP contribution in [0.3, 0.4) is 0 Å². The normalized spacial score (nSPS) is 25.7. The monoisotopic (exact) mass is 496 g/mol. The molecule has 13 heteroatoms. The number of likely N-dealkylation sites (tertiary alicyclic amines) is 1. The van der Waals surface area contributed by atoms with Gasteiger partial charge in [-0.05, 0) is 32.9 Å². The van der Waals surface area contributed by atoms with Gasteiger partial charge in [0.05, 0.1) is 30.7 Å². The highest BCUT2D eigenvalue weighted by atomic mass is 19.4. The molecule has 1 aromatic heterocycles. The lowest BCUT2D eigenvalue weighted by atomic mass is 9.76. The number of carbonyl (C=O) groups excluding carboxylic acids is 1. The zero-order chi connectivity index (χ0) is 25.7. The summed E-state index contributed by atoms with van der Waals surface area (Å²) >= 11 is 0. The number of ether oxygens (including phenoxy) is 1. The molecule has 188 valence electrons. The molecular formula is C21H23F7N4O2. The minimum atomic E-state index is -4.81. The summed E-state index contributed by atoms with van der Waals surface area (Å²) in [6.07, 6.45) is -3.96. The maximum absolute atomic E-state index is 14.5. The van der Waals surface area contributed by atoms with Crippen molar-refractivity contribution in [3.05, 3.63) is 41.2 Å². The maximum atomic E-state index is 14.5. The SMILES string of the molecule is COc1c([C@H]2[C@H](C(=O)Nc3cn(C(F)F)nc3C)N(C)[C@@](C)(C(F)(F)F)[C@H]2C)ccc(F)c1F. The van der Waals surface area contributed by atoms with Crippen molar-refractivity contribution in [2.75, 3.05) is 19.5 Å². The lowest BCUT2D eigenvalue weighted by Crippen LogP contribution is -2.57. The summed E-state index contributed by atoms with van der Waals surface area (Å²) in [5.41, 5.74) is -2.78. The van der Waals surface area contributed by atoms with Gasteiger partial charge >= 0.3 is 12.7 Å². The summed E-state index contributed by atoms with van der Waals surface area (Å²) in [5.74, 6) is -6.87. The van der Waals surface area contributed by atoms with Crippen LogP contribution in [0.25, 0.3) is 0 Å². The van der Waals surface area contributed by atoms with Gasteiger partial charge in [-0.3, -0.25) is 9.69 Å². The van der Waals surface area contributed by atoms with Crippen LogP contribution >= 0.6 is 0 Å². The summed E-state index contributed by atoms with van der Waals surface area (Å²) in [5, 5.41) is 5.92. The molecule has 0 unspecified atom stereocenters. The van der Waals surface area contributed by atoms with Crippen molar-refractivity contribution in [3.8, 4) is 5.75 Å². The first-order valence-electron chi connectivity index (χ1n) is 10.1. The number of nitrogens with one attached hydrogen (secondary N) is 1. The third-order valence-corrected chi connectivity index (χ3v) is 6.78. The molecule has 0 radical (unpaired) electrons. The Bertz CT molecular complexity index is 1090. The smallest absolute Gasteiger partial charge is 0.406 e. The van der Waals surface area contributed by atoms with Crippen molar-refractivity contribution in [1.82, 2.24) is 14.7 Å². The number of hydrogen-bond donors (Lipinski definition) is 1. The average Bonchev–Trinajstić information content (AvgIpc) is 3.20. The maximum Gasteiger partial charge on any atom is 0.406 e. The molecule has 0 aliphatic carbocycles. The Kier molecular flexibility index (Phi) is 6.64. The Labute approximate surface area is 190 Å². The number of anilines is 1. The zero-order valence-corrected chi connectivity index (χ0v) is 18.8. The summed E-state index contributed by atoms with van der Waals surface area (Å²) < 4.78 is 102. The van der Waals surface area contributed by atoms with Gasteiger partial charge in [0.15, 0.2) is 11.6 Å². The number of nitrogens with zero attached hydrogens (tertiary/aromatic N) is 3. The van der Waals surface area contributed by atoms with Crippen molar-refractivity contribution in [2.24, 2.45) is 5.92 Å². The van der Waals surface area contributed by atoms with Crippen LogP contribution in [-0.2, 0) is 4.79 Å². The van der Waals surface area contributed by atoms with Gasteiger partial charge in [0.25, 0.3) is 0 Å². The second-order valence-electron chi connectivity index (χ2n) is 8.37. The van der Waals surface area contributed by atoms with Crippen molar-refractivity contribution in [1.29, 1.82) is 0 Å². The van der Waals surface area contributed by atoms with Crippen molar-refractivity contribution in [3.63, 3.8) is 0 Å². The number of likely N-dealkylation sites (N-methyl/N-ethyl adjacent to an activating group) is 1. The number of benzene rings is 1. The van der Waals surface area contributed by atoms with E-state index in [1.807, 2.05) is 0 Å². The van der Waals surface area contributed by atoms with E-state index in [0.717, 1.165) is 44.3 Å². The molecule has 0 saturated carbocycles. The molecule has 2 heterocycles. The first-order chi connectivity index (χ1) is 15.7. The number of aromatic nitrogens is 2. The zero-order valence-electron chi connectivity index (χ0n) is 18.8. The van der Waals surface area contributed by atoms with E-state index < -0.39 is 59.4 Å². The third kappa shape index (κ3) is 3.89. The van der Waals surface area contributed by atoms with Crippen LogP contribution in [0.2, 0.25) is 0 Å². The molecule has 1 fully saturated rings. The van der Waals surface area contributed by atoms with Crippen LogP contribution in [0.4, 0.5) is 36.4 Å². The van der Waals surface area contributed by atoms with Gasteiger partial charge in [0.2, 0.25) is 11.7 Å². The summed E-state index contributed by atoms with van der Waals surface area (Å²) in [7, 11) is 2.13. The standard InChI is InChI=1S/C21H23F7N4O2/c1-9-14(11-6-7-12(22)15(23)17(11)34-5)16(31(4)20(9,3)21(26,27)28)18(33)29-13-8-32(19(24)25)30-10(13)2/h6-9,14,16,19H,1-5H3,(H,29,33)/t9-,14-,16+,20+/m0/s1. The number of aryl methyl sites for hydroxylation is 1. The summed E-state index contributed by atoms with van der Waals surface area (Å²) in [6, 6.07) is 0.276. The molecule has 1 saturated heterocycles. The topological polar surface area (TPSA) is 59.4 Å². The first-order valence-corrected chi connectivity index (χ1v) is 10.1. The molecular weight excluding hydrogens is 473 g/mol. The van der Waals surface area contributed by atoms with E-state index in [0.29, 0.717) is 4.68 Å². The van der Waals surface area contributed by atoms with Gasteiger partial charge < -0.3 is 10.1 Å². The molecule has 4 atom stereocenters. The molecule has 1 aliphatic rings. The van der Waals surface area contributed by atoms with E-state index in [1.165, 1.54) is 13.8 Å². The van der Waals surface area contributed by atoms with E-state index in [-0.39, 0.29) is 16.9 Å². The summed E-state index contributed by atoms with van der Waals surface area (Å²) in [6.45, 7) is 0.504. The van der Waals surface area contributed by atoms with E-state index in [9.17, 15) is 35.5 Å². The van der Waals surface area contributed by atoms with Gasteiger partial charge in [-0.15, -0.1) is 0 Å². The largest absolute Gasteiger partial charge is 0.493 e. The number of alkyl halides is 5. The minimum absolute atomic E-state index is 0.0166. The molecule has 34 heavy (non-hydrogen) atoms. The van der Waals surface area contributed by atoms with E-state index in [2.05, 4.69) is 10.4 Å². The Morgan fingerprint density at radius 2 is 1.88 bits per heavy atom. The van der Waals surface area contributed by atoms with Crippen molar-refractivity contribution < 1.29 is 40.3 Å². The number of methoxy groups -OCH3 is 1. The van der Waals surface area contributed by atoms with Crippen LogP contribution in [0, 0.1) is 24.5 Å². The molecule has 1 aromatic carbocycles. The van der Waals surface area contributed by atoms with Gasteiger partial charge in [-0.1, -0.05) is 13.0 Å². The Hall–Kier alpha value is -2.83. The molecule has 1 aliphatic heterocycles. The van der Waals surface area contributed by atoms with Crippen LogP contribution < -0.4 is 10.1 Å². The van der Waals surface area contributed by atoms with Gasteiger partial charge in [-0.25, -0.2) is 9.07 Å². The van der Waals surface area contributed by atoms with E-state index in [4.69, 9.17) is 4.74 Å². The molecule has 3 rings (SSSR count). The highest BCUT2D eigenvalue weighted by molar-refractivity contribution is 5.96. The van der Waals surface area contributed by atoms with Crippen molar-refractivity contribution in [2.45, 2.75) is 51.0 Å². The van der Waals surface area contributed by atoms with Crippen LogP contribution in [0.15, 0.2) is 18.3 Å². The highest BCUT2D eigenvalue weighted by Gasteiger charge is 2.67. The fourth-order valence-corrected chi connectivity index (χ4v) is 4.64. The van der Waals surface area contributed by atoms with Crippen LogP contribution in [0.5, 0.6) is 5.75 Å². The predicted molar refractivity (Wildman–Crippen MR) is 108 cm³/mol. The van der Waals surface area contributed by atoms with Gasteiger partial charge in [0.1, 0.15) is 5.54 Å². The predicted octanol–water partition coefficient (Wildman–Crippen LogP) is 4.87. The number of rotatable bonds is 5. The average molecular weight is 496 g/mol. The van der Waals surface area contributed by atoms with Crippen molar-refractivity contribution >= 4 is 11.6 Å². The Morgan fingerprint density at radius 1 is 1.26 bits per heavy atom. The van der Waals surface area contributed by atoms with E-state index in [1.54, 1.807) is 0 Å². The molecule has 0 bridgehead atoms. The Balaban J connectivity index is 2.14. The lowest BCUT2D eigenvalue weighted by molar-refractivity contribution is -0.227. The van der Waals surface area contributed by atoms with Crippen LogP contribution in [-0.4, -0.2) is 52.5 Å². The molecule has 0 spiro atoms.